The highest BCUT2D eigenvalue weighted by molar-refractivity contribution is 5.43. The summed E-state index contributed by atoms with van der Waals surface area (Å²) in [5, 5.41) is 4.28. The molecule has 0 spiro atoms. The normalized spacial score (nSPS) is 10.1. The van der Waals surface area contributed by atoms with Crippen LogP contribution in [0, 0.1) is 6.92 Å². The summed E-state index contributed by atoms with van der Waals surface area (Å²) < 4.78 is 1.78. The summed E-state index contributed by atoms with van der Waals surface area (Å²) in [5.41, 5.74) is 4.40. The Labute approximate surface area is 81.5 Å². The van der Waals surface area contributed by atoms with Gasteiger partial charge in [-0.15, -0.1) is 0 Å². The third-order valence-corrected chi connectivity index (χ3v) is 1.88. The molecular formula is C9H11N5. The van der Waals surface area contributed by atoms with E-state index in [4.69, 9.17) is 5.84 Å². The van der Waals surface area contributed by atoms with Gasteiger partial charge in [-0.05, 0) is 19.1 Å². The third-order valence-electron chi connectivity index (χ3n) is 1.88. The molecular weight excluding hydrogens is 178 g/mol. The minimum Gasteiger partial charge on any atom is -0.308 e. The van der Waals surface area contributed by atoms with E-state index in [2.05, 4.69) is 15.5 Å². The summed E-state index contributed by atoms with van der Waals surface area (Å²) in [6, 6.07) is 5.63. The van der Waals surface area contributed by atoms with Crippen molar-refractivity contribution < 1.29 is 0 Å². The Bertz CT molecular complexity index is 434. The highest BCUT2D eigenvalue weighted by Crippen LogP contribution is 2.10. The van der Waals surface area contributed by atoms with Crippen molar-refractivity contribution in [1.82, 2.24) is 14.8 Å². The topological polar surface area (TPSA) is 68.8 Å². The van der Waals surface area contributed by atoms with Crippen molar-refractivity contribution in [3.8, 4) is 5.69 Å². The van der Waals surface area contributed by atoms with Gasteiger partial charge in [0.05, 0.1) is 11.4 Å². The second kappa shape index (κ2) is 3.47. The summed E-state index contributed by atoms with van der Waals surface area (Å²) in [7, 11) is 0. The Kier molecular flexibility index (Phi) is 2.16. The molecule has 0 aliphatic carbocycles. The first kappa shape index (κ1) is 8.71. The number of aromatic nitrogens is 3. The van der Waals surface area contributed by atoms with Gasteiger partial charge < -0.3 is 5.43 Å². The van der Waals surface area contributed by atoms with Crippen LogP contribution in [0.3, 0.4) is 0 Å². The molecule has 2 aromatic rings. The average molecular weight is 189 g/mol. The fourth-order valence-corrected chi connectivity index (χ4v) is 1.20. The van der Waals surface area contributed by atoms with Gasteiger partial charge in [0.25, 0.3) is 0 Å². The number of pyridine rings is 1. The van der Waals surface area contributed by atoms with Gasteiger partial charge in [-0.1, -0.05) is 0 Å². The quantitative estimate of drug-likeness (QED) is 0.543. The van der Waals surface area contributed by atoms with Crippen LogP contribution in [-0.2, 0) is 0 Å². The van der Waals surface area contributed by atoms with Crippen molar-refractivity contribution in [3.05, 3.63) is 36.3 Å². The predicted octanol–water partition coefficient (Wildman–Crippen LogP) is 0.861. The van der Waals surface area contributed by atoms with Gasteiger partial charge in [-0.3, -0.25) is 0 Å². The van der Waals surface area contributed by atoms with Crippen LogP contribution >= 0.6 is 0 Å². The molecule has 5 nitrogen and oxygen atoms in total. The zero-order valence-corrected chi connectivity index (χ0v) is 7.81. The van der Waals surface area contributed by atoms with E-state index in [1.807, 2.05) is 31.3 Å². The maximum absolute atomic E-state index is 5.26. The largest absolute Gasteiger partial charge is 0.308 e. The van der Waals surface area contributed by atoms with Crippen molar-refractivity contribution in [2.24, 2.45) is 5.84 Å². The number of rotatable bonds is 2. The molecule has 2 heterocycles. The van der Waals surface area contributed by atoms with Gasteiger partial charge in [0, 0.05) is 18.5 Å². The molecule has 2 aromatic heterocycles. The number of nitrogen functional groups attached to an aromatic ring is 1. The van der Waals surface area contributed by atoms with E-state index in [9.17, 15) is 0 Å². The second-order valence-electron chi connectivity index (χ2n) is 2.95. The lowest BCUT2D eigenvalue weighted by atomic mass is 10.4. The fraction of sp³-hybridized carbons (Fsp3) is 0.111. The smallest absolute Gasteiger partial charge is 0.142 e. The molecule has 2 rings (SSSR count). The van der Waals surface area contributed by atoms with Crippen LogP contribution in [0.2, 0.25) is 0 Å². The van der Waals surface area contributed by atoms with E-state index in [1.165, 1.54) is 0 Å². The molecule has 0 aromatic carbocycles. The zero-order valence-electron chi connectivity index (χ0n) is 7.81. The minimum absolute atomic E-state index is 0.621. The lowest BCUT2D eigenvalue weighted by Crippen LogP contribution is -2.09. The van der Waals surface area contributed by atoms with E-state index in [0.717, 1.165) is 11.4 Å². The first-order chi connectivity index (χ1) is 6.79. The van der Waals surface area contributed by atoms with Gasteiger partial charge in [-0.25, -0.2) is 15.5 Å². The lowest BCUT2D eigenvalue weighted by Gasteiger charge is -2.03. The van der Waals surface area contributed by atoms with Gasteiger partial charge in [-0.2, -0.15) is 5.10 Å². The number of anilines is 1. The fourth-order valence-electron chi connectivity index (χ4n) is 1.20. The van der Waals surface area contributed by atoms with E-state index in [1.54, 1.807) is 10.9 Å². The predicted molar refractivity (Wildman–Crippen MR) is 53.9 cm³/mol. The highest BCUT2D eigenvalue weighted by Gasteiger charge is 1.99. The summed E-state index contributed by atoms with van der Waals surface area (Å²) in [6.45, 7) is 1.94. The Morgan fingerprint density at radius 1 is 1.43 bits per heavy atom. The van der Waals surface area contributed by atoms with Crippen LogP contribution in [-0.4, -0.2) is 14.8 Å². The summed E-state index contributed by atoms with van der Waals surface area (Å²) in [5.74, 6) is 5.88. The number of nitrogens with one attached hydrogen (secondary N) is 1. The number of nitrogens with zero attached hydrogens (tertiary/aromatic N) is 3. The van der Waals surface area contributed by atoms with E-state index in [0.29, 0.717) is 5.82 Å². The van der Waals surface area contributed by atoms with Crippen molar-refractivity contribution in [2.75, 3.05) is 5.43 Å². The van der Waals surface area contributed by atoms with Crippen LogP contribution in [0.4, 0.5) is 5.82 Å². The highest BCUT2D eigenvalue weighted by atomic mass is 15.3. The zero-order chi connectivity index (χ0) is 9.97. The first-order valence-corrected chi connectivity index (χ1v) is 4.25. The Hall–Kier alpha value is -1.88. The Morgan fingerprint density at radius 2 is 2.29 bits per heavy atom. The minimum atomic E-state index is 0.621. The van der Waals surface area contributed by atoms with Crippen LogP contribution in [0.15, 0.2) is 30.6 Å². The molecule has 0 amide bonds. The molecule has 0 radical (unpaired) electrons. The van der Waals surface area contributed by atoms with E-state index in [-0.39, 0.29) is 0 Å². The van der Waals surface area contributed by atoms with Gasteiger partial charge >= 0.3 is 0 Å². The monoisotopic (exact) mass is 189 g/mol. The van der Waals surface area contributed by atoms with Crippen molar-refractivity contribution in [3.63, 3.8) is 0 Å². The molecule has 0 aliphatic rings. The van der Waals surface area contributed by atoms with Crippen LogP contribution < -0.4 is 11.3 Å². The first-order valence-electron chi connectivity index (χ1n) is 4.25. The molecule has 5 heteroatoms. The van der Waals surface area contributed by atoms with E-state index < -0.39 is 0 Å². The number of hydrazine groups is 1. The van der Waals surface area contributed by atoms with Crippen molar-refractivity contribution >= 4 is 5.82 Å². The molecule has 0 aliphatic heterocycles. The standard InChI is InChI=1S/C9H11N5/c1-7-3-5-14(13-7)8-2-4-11-9(6-8)12-10/h2-6H,10H2,1H3,(H,11,12). The number of nitrogens with two attached hydrogens (primary N) is 1. The number of aryl methyl sites for hydroxylation is 1. The Balaban J connectivity index is 2.41. The molecule has 72 valence electrons. The lowest BCUT2D eigenvalue weighted by molar-refractivity contribution is 0.860. The van der Waals surface area contributed by atoms with Crippen molar-refractivity contribution in [1.29, 1.82) is 0 Å². The third kappa shape index (κ3) is 1.57. The summed E-state index contributed by atoms with van der Waals surface area (Å²) >= 11 is 0. The number of hydrogen-bond donors (Lipinski definition) is 2. The van der Waals surface area contributed by atoms with Crippen LogP contribution in [0.25, 0.3) is 5.69 Å². The maximum Gasteiger partial charge on any atom is 0.142 e. The summed E-state index contributed by atoms with van der Waals surface area (Å²) in [6.07, 6.45) is 3.58. The molecule has 0 saturated carbocycles. The molecule has 0 bridgehead atoms. The molecule has 3 N–H and O–H groups in total. The van der Waals surface area contributed by atoms with Crippen LogP contribution in [0.5, 0.6) is 0 Å². The summed E-state index contributed by atoms with van der Waals surface area (Å²) in [4.78, 5) is 4.01. The average Bonchev–Trinajstić information content (AvgIpc) is 2.65. The Morgan fingerprint density at radius 3 is 2.93 bits per heavy atom. The molecule has 0 atom stereocenters. The second-order valence-corrected chi connectivity index (χ2v) is 2.95. The van der Waals surface area contributed by atoms with Gasteiger partial charge in [0.15, 0.2) is 0 Å². The van der Waals surface area contributed by atoms with Crippen molar-refractivity contribution in [2.45, 2.75) is 6.92 Å². The van der Waals surface area contributed by atoms with Crippen LogP contribution in [0.1, 0.15) is 5.69 Å². The number of hydrogen-bond acceptors (Lipinski definition) is 4. The molecule has 14 heavy (non-hydrogen) atoms. The van der Waals surface area contributed by atoms with Gasteiger partial charge in [0.1, 0.15) is 5.82 Å². The molecule has 0 fully saturated rings. The van der Waals surface area contributed by atoms with Gasteiger partial charge in [0.2, 0.25) is 0 Å². The SMILES string of the molecule is Cc1ccn(-c2ccnc(NN)c2)n1. The molecule has 0 unspecified atom stereocenters. The van der Waals surface area contributed by atoms with E-state index >= 15 is 0 Å². The molecule has 0 saturated heterocycles. The maximum atomic E-state index is 5.26.